The molecule has 10 heavy (non-hydrogen) atoms. The van der Waals surface area contributed by atoms with E-state index in [1.807, 2.05) is 0 Å². The maximum atomic E-state index is 12.9. The smallest absolute Gasteiger partial charge is 0.143 e. The molecule has 1 aromatic carbocycles. The lowest BCUT2D eigenvalue weighted by molar-refractivity contribution is 0.619. The molecule has 0 spiro atoms. The fraction of sp³-hybridized carbons (Fsp3) is 0.143. The second-order valence-electron chi connectivity index (χ2n) is 2.25. The lowest BCUT2D eigenvalue weighted by Crippen LogP contribution is -2.12. The van der Waals surface area contributed by atoms with Gasteiger partial charge in [-0.25, -0.2) is 4.39 Å². The molecule has 0 saturated heterocycles. The highest BCUT2D eigenvalue weighted by molar-refractivity contribution is 6.32. The maximum absolute atomic E-state index is 12.9. The molecule has 2 N–H and O–H groups in total. The summed E-state index contributed by atoms with van der Waals surface area (Å²) in [7, 11) is 1.73. The molecular formula is C7H9BFN. The molecule has 0 bridgehead atoms. The first-order valence-corrected chi connectivity index (χ1v) is 3.19. The van der Waals surface area contributed by atoms with Crippen LogP contribution >= 0.6 is 0 Å². The number of rotatable bonds is 1. The van der Waals surface area contributed by atoms with Gasteiger partial charge in [0.2, 0.25) is 0 Å². The molecule has 0 atom stereocenters. The first-order chi connectivity index (χ1) is 4.75. The van der Waals surface area contributed by atoms with Gasteiger partial charge < -0.3 is 5.73 Å². The Kier molecular flexibility index (Phi) is 2.07. The van der Waals surface area contributed by atoms with Gasteiger partial charge >= 0.3 is 0 Å². The van der Waals surface area contributed by atoms with Crippen molar-refractivity contribution < 1.29 is 4.39 Å². The molecule has 0 aromatic heterocycles. The van der Waals surface area contributed by atoms with Crippen molar-refractivity contribution in [3.8, 4) is 0 Å². The van der Waals surface area contributed by atoms with E-state index in [0.717, 1.165) is 0 Å². The van der Waals surface area contributed by atoms with Gasteiger partial charge in [-0.05, 0) is 0 Å². The van der Waals surface area contributed by atoms with Crippen molar-refractivity contribution in [2.24, 2.45) is 5.73 Å². The molecule has 0 aliphatic rings. The molecule has 1 rings (SSSR count). The highest BCUT2D eigenvalue weighted by Gasteiger charge is 2.00. The number of hydrogen-bond acceptors (Lipinski definition) is 1. The van der Waals surface area contributed by atoms with Gasteiger partial charge in [-0.3, -0.25) is 0 Å². The summed E-state index contributed by atoms with van der Waals surface area (Å²) >= 11 is 0. The van der Waals surface area contributed by atoms with Crippen LogP contribution in [0, 0.1) is 5.82 Å². The van der Waals surface area contributed by atoms with Gasteiger partial charge in [0, 0.05) is 12.1 Å². The highest BCUT2D eigenvalue weighted by atomic mass is 19.1. The molecule has 0 saturated carbocycles. The molecule has 0 aliphatic heterocycles. The van der Waals surface area contributed by atoms with Gasteiger partial charge in [-0.15, -0.1) is 0 Å². The minimum atomic E-state index is -0.176. The summed E-state index contributed by atoms with van der Waals surface area (Å²) in [5.41, 5.74) is 6.52. The monoisotopic (exact) mass is 137 g/mol. The van der Waals surface area contributed by atoms with E-state index >= 15 is 0 Å². The second-order valence-corrected chi connectivity index (χ2v) is 2.25. The Morgan fingerprint density at radius 2 is 2.20 bits per heavy atom. The van der Waals surface area contributed by atoms with E-state index in [9.17, 15) is 4.39 Å². The lowest BCUT2D eigenvalue weighted by atomic mass is 9.93. The minimum absolute atomic E-state index is 0.176. The largest absolute Gasteiger partial charge is 0.326 e. The summed E-state index contributed by atoms with van der Waals surface area (Å²) in [5.74, 6) is -0.176. The zero-order valence-electron chi connectivity index (χ0n) is 5.89. The van der Waals surface area contributed by atoms with E-state index < -0.39 is 0 Å². The van der Waals surface area contributed by atoms with Crippen LogP contribution in [-0.4, -0.2) is 7.85 Å². The van der Waals surface area contributed by atoms with E-state index in [1.165, 1.54) is 0 Å². The Morgan fingerprint density at radius 1 is 1.50 bits per heavy atom. The van der Waals surface area contributed by atoms with Gasteiger partial charge in [-0.2, -0.15) is 0 Å². The minimum Gasteiger partial charge on any atom is -0.326 e. The predicted molar refractivity (Wildman–Crippen MR) is 42.5 cm³/mol. The van der Waals surface area contributed by atoms with E-state index in [-0.39, 0.29) is 12.4 Å². The molecule has 0 fully saturated rings. The van der Waals surface area contributed by atoms with E-state index in [4.69, 9.17) is 5.73 Å². The van der Waals surface area contributed by atoms with E-state index in [0.29, 0.717) is 11.0 Å². The first-order valence-electron chi connectivity index (χ1n) is 3.19. The third-order valence-corrected chi connectivity index (χ3v) is 1.49. The summed E-state index contributed by atoms with van der Waals surface area (Å²) in [6.45, 7) is 0.271. The number of benzene rings is 1. The first kappa shape index (κ1) is 7.28. The van der Waals surface area contributed by atoms with Crippen molar-refractivity contribution in [1.82, 2.24) is 0 Å². The standard InChI is InChI=1S/C7H9BFN/c8-6-3-1-2-5(4-10)7(6)9/h1-3H,4,8,10H2. The van der Waals surface area contributed by atoms with Crippen LogP contribution < -0.4 is 11.2 Å². The summed E-state index contributed by atoms with van der Waals surface area (Å²) < 4.78 is 12.9. The van der Waals surface area contributed by atoms with Crippen LogP contribution in [0.1, 0.15) is 5.56 Å². The van der Waals surface area contributed by atoms with Crippen molar-refractivity contribution in [2.75, 3.05) is 0 Å². The van der Waals surface area contributed by atoms with Crippen molar-refractivity contribution in [3.05, 3.63) is 29.6 Å². The van der Waals surface area contributed by atoms with Crippen LogP contribution in [-0.2, 0) is 6.54 Å². The molecule has 0 unspecified atom stereocenters. The predicted octanol–water partition coefficient (Wildman–Crippen LogP) is -0.457. The van der Waals surface area contributed by atoms with Crippen LogP contribution in [0.15, 0.2) is 18.2 Å². The molecule has 0 amide bonds. The zero-order chi connectivity index (χ0) is 7.56. The molecule has 3 heteroatoms. The van der Waals surface area contributed by atoms with Crippen molar-refractivity contribution in [1.29, 1.82) is 0 Å². The Bertz CT molecular complexity index is 237. The summed E-state index contributed by atoms with van der Waals surface area (Å²) in [5, 5.41) is 0. The summed E-state index contributed by atoms with van der Waals surface area (Å²) in [6, 6.07) is 5.23. The normalized spacial score (nSPS) is 9.80. The Hall–Kier alpha value is -0.825. The quantitative estimate of drug-likeness (QED) is 0.521. The fourth-order valence-electron chi connectivity index (χ4n) is 0.866. The number of halogens is 1. The lowest BCUT2D eigenvalue weighted by Gasteiger charge is -2.00. The average molecular weight is 137 g/mol. The van der Waals surface area contributed by atoms with E-state index in [1.54, 1.807) is 26.0 Å². The third kappa shape index (κ3) is 1.19. The topological polar surface area (TPSA) is 26.0 Å². The van der Waals surface area contributed by atoms with Crippen LogP contribution in [0.25, 0.3) is 0 Å². The SMILES string of the molecule is Bc1cccc(CN)c1F. The molecular weight excluding hydrogens is 128 g/mol. The van der Waals surface area contributed by atoms with Crippen LogP contribution in [0.5, 0.6) is 0 Å². The average Bonchev–Trinajstić information content (AvgIpc) is 1.95. The van der Waals surface area contributed by atoms with Gasteiger partial charge in [0.25, 0.3) is 0 Å². The van der Waals surface area contributed by atoms with Crippen molar-refractivity contribution >= 4 is 13.3 Å². The Morgan fingerprint density at radius 3 is 2.70 bits per heavy atom. The third-order valence-electron chi connectivity index (χ3n) is 1.49. The van der Waals surface area contributed by atoms with Crippen molar-refractivity contribution in [3.63, 3.8) is 0 Å². The molecule has 1 aromatic rings. The van der Waals surface area contributed by atoms with Crippen LogP contribution in [0.3, 0.4) is 0 Å². The number of nitrogens with two attached hydrogens (primary N) is 1. The summed E-state index contributed by atoms with van der Waals surface area (Å²) in [6.07, 6.45) is 0. The van der Waals surface area contributed by atoms with E-state index in [2.05, 4.69) is 0 Å². The molecule has 52 valence electrons. The molecule has 0 radical (unpaired) electrons. The van der Waals surface area contributed by atoms with Crippen LogP contribution in [0.4, 0.5) is 4.39 Å². The van der Waals surface area contributed by atoms with Gasteiger partial charge in [-0.1, -0.05) is 23.7 Å². The van der Waals surface area contributed by atoms with Crippen LogP contribution in [0.2, 0.25) is 0 Å². The van der Waals surface area contributed by atoms with Gasteiger partial charge in [0.05, 0.1) is 0 Å². The Labute approximate surface area is 60.5 Å². The number of hydrogen-bond donors (Lipinski definition) is 1. The zero-order valence-corrected chi connectivity index (χ0v) is 5.89. The second kappa shape index (κ2) is 2.84. The molecule has 0 aliphatic carbocycles. The van der Waals surface area contributed by atoms with Crippen molar-refractivity contribution in [2.45, 2.75) is 6.54 Å². The van der Waals surface area contributed by atoms with Gasteiger partial charge in [0.1, 0.15) is 13.7 Å². The highest BCUT2D eigenvalue weighted by Crippen LogP contribution is 2.01. The Balaban J connectivity index is 3.14. The molecule has 0 heterocycles. The molecule has 1 nitrogen and oxygen atoms in total. The maximum Gasteiger partial charge on any atom is 0.143 e. The summed E-state index contributed by atoms with van der Waals surface area (Å²) in [4.78, 5) is 0. The fourth-order valence-corrected chi connectivity index (χ4v) is 0.866. The van der Waals surface area contributed by atoms with Gasteiger partial charge in [0.15, 0.2) is 0 Å².